The summed E-state index contributed by atoms with van der Waals surface area (Å²) < 4.78 is 4.88. The van der Waals surface area contributed by atoms with Gasteiger partial charge in [-0.1, -0.05) is 25.1 Å². The van der Waals surface area contributed by atoms with Gasteiger partial charge in [0.05, 0.1) is 11.9 Å². The van der Waals surface area contributed by atoms with Gasteiger partial charge < -0.3 is 15.4 Å². The lowest BCUT2D eigenvalue weighted by Crippen LogP contribution is -2.52. The van der Waals surface area contributed by atoms with Crippen molar-refractivity contribution in [3.63, 3.8) is 0 Å². The highest BCUT2D eigenvalue weighted by Crippen LogP contribution is 2.35. The minimum atomic E-state index is -0.981. The van der Waals surface area contributed by atoms with Gasteiger partial charge in [0.1, 0.15) is 5.54 Å². The van der Waals surface area contributed by atoms with E-state index in [1.54, 1.807) is 18.2 Å². The van der Waals surface area contributed by atoms with Crippen LogP contribution in [0, 0.1) is 5.92 Å². The summed E-state index contributed by atoms with van der Waals surface area (Å²) in [6.45, 7) is 1.40. The minimum Gasteiger partial charge on any atom is -0.455 e. The second-order valence-corrected chi connectivity index (χ2v) is 8.65. The number of nitrogens with zero attached hydrogens (tertiary/aromatic N) is 2. The van der Waals surface area contributed by atoms with Crippen LogP contribution < -0.4 is 16.1 Å². The molecule has 1 aromatic heterocycles. The van der Waals surface area contributed by atoms with Gasteiger partial charge in [0.25, 0.3) is 17.7 Å². The molecule has 1 saturated heterocycles. The van der Waals surface area contributed by atoms with Crippen LogP contribution in [0.25, 0.3) is 10.9 Å². The molecule has 1 aliphatic heterocycles. The topological polar surface area (TPSA) is 163 Å². The fraction of sp³-hybridized carbons (Fsp3) is 0.455. The van der Waals surface area contributed by atoms with Crippen molar-refractivity contribution in [2.24, 2.45) is 5.92 Å². The predicted octanol–water partition coefficient (Wildman–Crippen LogP) is 0.758. The van der Waals surface area contributed by atoms with Gasteiger partial charge in [-0.15, -0.1) is 0 Å². The van der Waals surface area contributed by atoms with Gasteiger partial charge in [-0.2, -0.15) is 10.1 Å². The van der Waals surface area contributed by atoms with Gasteiger partial charge in [0.15, 0.2) is 12.3 Å². The van der Waals surface area contributed by atoms with E-state index in [0.717, 1.165) is 12.8 Å². The Morgan fingerprint density at radius 3 is 2.71 bits per heavy atom. The number of esters is 1. The van der Waals surface area contributed by atoms with Crippen LogP contribution in [0.5, 0.6) is 0 Å². The first-order chi connectivity index (χ1) is 16.3. The Hall–Kier alpha value is -3.96. The number of para-hydroxylation sites is 1. The first-order valence-corrected chi connectivity index (χ1v) is 11.1. The monoisotopic (exact) mass is 470 g/mol. The highest BCUT2D eigenvalue weighted by atomic mass is 16.5. The molecule has 4 N–H and O–H groups in total. The van der Waals surface area contributed by atoms with Crippen molar-refractivity contribution in [1.82, 2.24) is 31.3 Å². The van der Waals surface area contributed by atoms with Crippen LogP contribution in [0.15, 0.2) is 24.3 Å². The van der Waals surface area contributed by atoms with E-state index in [-0.39, 0.29) is 18.7 Å². The summed E-state index contributed by atoms with van der Waals surface area (Å²) in [5.41, 5.74) is 2.15. The Bertz CT molecular complexity index is 1140. The molecule has 0 unspecified atom stereocenters. The number of urea groups is 1. The third kappa shape index (κ3) is 4.70. The van der Waals surface area contributed by atoms with Crippen molar-refractivity contribution in [3.8, 4) is 0 Å². The van der Waals surface area contributed by atoms with Crippen molar-refractivity contribution >= 4 is 40.6 Å². The van der Waals surface area contributed by atoms with Crippen LogP contribution in [0.3, 0.4) is 0 Å². The largest absolute Gasteiger partial charge is 0.455 e. The Balaban J connectivity index is 1.19. The fourth-order valence-electron chi connectivity index (χ4n) is 4.19. The standard InChI is InChI=1S/C22H26N6O6/c1-13-6-9-22(10-7-13)20(32)28(21(33)24-22)27-16(29)12-34-17(30)8-11-23-19(31)18-14-4-2-3-5-15(14)25-26-18/h2-5,13H,6-12H2,1H3,(H,23,31)(H,24,33)(H,25,26)(H,27,29). The smallest absolute Gasteiger partial charge is 0.344 e. The molecule has 180 valence electrons. The average molecular weight is 470 g/mol. The third-order valence-corrected chi connectivity index (χ3v) is 6.19. The van der Waals surface area contributed by atoms with E-state index in [9.17, 15) is 24.0 Å². The zero-order chi connectivity index (χ0) is 24.3. The molecular weight excluding hydrogens is 444 g/mol. The zero-order valence-electron chi connectivity index (χ0n) is 18.7. The number of fused-ring (bicyclic) bond motifs is 1. The number of hydrogen-bond donors (Lipinski definition) is 4. The highest BCUT2D eigenvalue weighted by molar-refractivity contribution is 6.08. The number of ether oxygens (including phenoxy) is 1. The molecule has 0 bridgehead atoms. The Morgan fingerprint density at radius 1 is 1.21 bits per heavy atom. The summed E-state index contributed by atoms with van der Waals surface area (Å²) >= 11 is 0. The number of amides is 5. The van der Waals surface area contributed by atoms with E-state index in [1.165, 1.54) is 0 Å². The summed E-state index contributed by atoms with van der Waals surface area (Å²) in [5.74, 6) is -2.02. The number of hydrogen-bond acceptors (Lipinski definition) is 7. The molecule has 1 aromatic carbocycles. The Kier molecular flexibility index (Phi) is 6.48. The second kappa shape index (κ2) is 9.49. The number of H-pyrrole nitrogens is 1. The number of nitrogens with one attached hydrogen (secondary N) is 4. The number of carbonyl (C=O) groups is 5. The van der Waals surface area contributed by atoms with E-state index in [0.29, 0.717) is 34.7 Å². The molecule has 12 nitrogen and oxygen atoms in total. The quantitative estimate of drug-likeness (QED) is 0.343. The number of carbonyl (C=O) groups excluding carboxylic acids is 5. The lowest BCUT2D eigenvalue weighted by Gasteiger charge is -2.33. The number of benzene rings is 1. The number of rotatable bonds is 7. The molecule has 4 rings (SSSR count). The van der Waals surface area contributed by atoms with Crippen LogP contribution in [0.1, 0.15) is 49.5 Å². The number of aromatic nitrogens is 2. The van der Waals surface area contributed by atoms with Gasteiger partial charge in [0, 0.05) is 11.9 Å². The molecule has 2 aliphatic rings. The van der Waals surface area contributed by atoms with Crippen molar-refractivity contribution in [1.29, 1.82) is 0 Å². The molecule has 1 saturated carbocycles. The summed E-state index contributed by atoms with van der Waals surface area (Å²) in [4.78, 5) is 61.3. The lowest BCUT2D eigenvalue weighted by atomic mass is 9.77. The van der Waals surface area contributed by atoms with E-state index < -0.39 is 41.9 Å². The van der Waals surface area contributed by atoms with Gasteiger partial charge in [-0.05, 0) is 37.7 Å². The van der Waals surface area contributed by atoms with Crippen LogP contribution in [-0.2, 0) is 19.1 Å². The Labute approximate surface area is 194 Å². The Morgan fingerprint density at radius 2 is 1.94 bits per heavy atom. The summed E-state index contributed by atoms with van der Waals surface area (Å²) in [5, 5.41) is 13.3. The van der Waals surface area contributed by atoms with E-state index >= 15 is 0 Å². The van der Waals surface area contributed by atoms with E-state index in [2.05, 4.69) is 33.2 Å². The van der Waals surface area contributed by atoms with Crippen LogP contribution in [0.4, 0.5) is 4.79 Å². The summed E-state index contributed by atoms with van der Waals surface area (Å²) in [6, 6.07) is 6.44. The van der Waals surface area contributed by atoms with Gasteiger partial charge >= 0.3 is 12.0 Å². The molecule has 2 aromatic rings. The summed E-state index contributed by atoms with van der Waals surface area (Å²) in [7, 11) is 0. The SMILES string of the molecule is CC1CCC2(CC1)NC(=O)N(NC(=O)COC(=O)CCNC(=O)c1n[nH]c3ccccc13)C2=O. The van der Waals surface area contributed by atoms with Gasteiger partial charge in [-0.3, -0.25) is 29.7 Å². The van der Waals surface area contributed by atoms with Gasteiger partial charge in [0.2, 0.25) is 0 Å². The maximum atomic E-state index is 12.7. The summed E-state index contributed by atoms with van der Waals surface area (Å²) in [6.07, 6.45) is 2.46. The van der Waals surface area contributed by atoms with Crippen LogP contribution in [-0.4, -0.2) is 63.6 Å². The highest BCUT2D eigenvalue weighted by Gasteiger charge is 2.52. The average Bonchev–Trinajstić information content (AvgIpc) is 3.35. The molecule has 5 amide bonds. The maximum absolute atomic E-state index is 12.7. The van der Waals surface area contributed by atoms with Gasteiger partial charge in [-0.25, -0.2) is 4.79 Å². The van der Waals surface area contributed by atoms with Crippen molar-refractivity contribution in [3.05, 3.63) is 30.0 Å². The van der Waals surface area contributed by atoms with Crippen LogP contribution >= 0.6 is 0 Å². The molecule has 2 heterocycles. The van der Waals surface area contributed by atoms with Crippen molar-refractivity contribution < 1.29 is 28.7 Å². The first-order valence-electron chi connectivity index (χ1n) is 11.1. The van der Waals surface area contributed by atoms with E-state index in [1.807, 2.05) is 6.07 Å². The minimum absolute atomic E-state index is 0.0194. The number of aromatic amines is 1. The molecule has 34 heavy (non-hydrogen) atoms. The lowest BCUT2D eigenvalue weighted by molar-refractivity contribution is -0.150. The third-order valence-electron chi connectivity index (χ3n) is 6.19. The zero-order valence-corrected chi connectivity index (χ0v) is 18.7. The number of hydrazine groups is 1. The molecule has 12 heteroatoms. The predicted molar refractivity (Wildman–Crippen MR) is 118 cm³/mol. The second-order valence-electron chi connectivity index (χ2n) is 8.65. The first kappa shape index (κ1) is 23.2. The van der Waals surface area contributed by atoms with Crippen molar-refractivity contribution in [2.75, 3.05) is 13.2 Å². The molecule has 0 radical (unpaired) electrons. The normalized spacial score (nSPS) is 22.0. The van der Waals surface area contributed by atoms with Crippen molar-refractivity contribution in [2.45, 2.75) is 44.6 Å². The molecule has 2 fully saturated rings. The number of imide groups is 1. The van der Waals surface area contributed by atoms with E-state index in [4.69, 9.17) is 4.74 Å². The molecule has 1 spiro atoms. The molecule has 0 atom stereocenters. The van der Waals surface area contributed by atoms with Crippen LogP contribution in [0.2, 0.25) is 0 Å². The molecule has 1 aliphatic carbocycles. The fourth-order valence-corrected chi connectivity index (χ4v) is 4.19. The maximum Gasteiger partial charge on any atom is 0.344 e. The molecular formula is C22H26N6O6.